The summed E-state index contributed by atoms with van der Waals surface area (Å²) < 4.78 is 3.16. The average molecular weight is 240 g/mol. The molecular weight excluding hydrogens is 225 g/mol. The number of hydrogen-bond donors (Lipinski definition) is 1. The fraction of sp³-hybridized carbons (Fsp3) is 1.00. The van der Waals surface area contributed by atoms with Crippen molar-refractivity contribution in [2.45, 2.75) is 19.3 Å². The molecule has 0 aliphatic carbocycles. The molecular formula is C7H15IN-. The molecule has 2 N–H and O–H groups in total. The van der Waals surface area contributed by atoms with Gasteiger partial charge in [-0.2, -0.15) is 0 Å². The number of hydrogen-bond acceptors (Lipinski definition) is 1. The molecule has 1 unspecified atom stereocenters. The summed E-state index contributed by atoms with van der Waals surface area (Å²) in [5, 5.41) is 0. The van der Waals surface area contributed by atoms with E-state index in [1.54, 1.807) is 8.86 Å². The normalized spacial score (nSPS) is 27.9. The molecule has 1 saturated heterocycles. The van der Waals surface area contributed by atoms with Gasteiger partial charge in [0.25, 0.3) is 0 Å². The Kier molecular flexibility index (Phi) is 3.89. The quantitative estimate of drug-likeness (QED) is 0.441. The van der Waals surface area contributed by atoms with Crippen LogP contribution in [0.3, 0.4) is 0 Å². The molecule has 0 aromatic rings. The Morgan fingerprint density at radius 3 is 3.00 bits per heavy atom. The van der Waals surface area contributed by atoms with E-state index >= 15 is 0 Å². The molecule has 0 radical (unpaired) electrons. The standard InChI is InChI=1S/C7H15IN/c9-5-1-2-7-3-4-8-6-7/h7H,1-6,9H2/q-1. The van der Waals surface area contributed by atoms with Gasteiger partial charge in [-0.05, 0) is 0 Å². The predicted octanol–water partition coefficient (Wildman–Crippen LogP) is -2.17. The second kappa shape index (κ2) is 4.50. The fourth-order valence-electron chi connectivity index (χ4n) is 1.17. The first-order valence-electron chi connectivity index (χ1n) is 3.67. The zero-order chi connectivity index (χ0) is 6.53. The molecule has 1 atom stereocenters. The van der Waals surface area contributed by atoms with E-state index in [2.05, 4.69) is 0 Å². The summed E-state index contributed by atoms with van der Waals surface area (Å²) in [4.78, 5) is 0. The van der Waals surface area contributed by atoms with Gasteiger partial charge in [0.05, 0.1) is 0 Å². The van der Waals surface area contributed by atoms with Crippen molar-refractivity contribution in [2.75, 3.05) is 15.4 Å². The van der Waals surface area contributed by atoms with Crippen LogP contribution in [0.2, 0.25) is 0 Å². The van der Waals surface area contributed by atoms with Gasteiger partial charge in [0.2, 0.25) is 0 Å². The topological polar surface area (TPSA) is 26.0 Å². The number of nitrogens with two attached hydrogens (primary N) is 1. The average Bonchev–Trinajstić information content (AvgIpc) is 2.34. The van der Waals surface area contributed by atoms with Crippen molar-refractivity contribution in [2.24, 2.45) is 11.7 Å². The Morgan fingerprint density at radius 1 is 1.56 bits per heavy atom. The van der Waals surface area contributed by atoms with Gasteiger partial charge in [-0.1, -0.05) is 0 Å². The van der Waals surface area contributed by atoms with Crippen LogP contribution in [0.15, 0.2) is 0 Å². The molecule has 0 amide bonds. The maximum atomic E-state index is 5.42. The molecule has 0 aromatic carbocycles. The van der Waals surface area contributed by atoms with E-state index < -0.39 is 0 Å². The molecule has 0 aromatic heterocycles. The van der Waals surface area contributed by atoms with Crippen LogP contribution in [0, 0.1) is 5.92 Å². The first kappa shape index (κ1) is 7.79. The molecule has 56 valence electrons. The second-order valence-corrected chi connectivity index (χ2v) is 5.66. The molecule has 1 nitrogen and oxygen atoms in total. The van der Waals surface area contributed by atoms with E-state index in [-0.39, 0.29) is 0 Å². The molecule has 9 heavy (non-hydrogen) atoms. The van der Waals surface area contributed by atoms with Crippen LogP contribution in [-0.2, 0) is 0 Å². The first-order chi connectivity index (χ1) is 4.43. The van der Waals surface area contributed by atoms with Crippen LogP contribution >= 0.6 is 0 Å². The zero-order valence-corrected chi connectivity index (χ0v) is 7.93. The van der Waals surface area contributed by atoms with Gasteiger partial charge >= 0.3 is 67.5 Å². The van der Waals surface area contributed by atoms with Crippen LogP contribution in [-0.4, -0.2) is 15.4 Å². The summed E-state index contributed by atoms with van der Waals surface area (Å²) in [7, 11) is 0. The monoisotopic (exact) mass is 240 g/mol. The van der Waals surface area contributed by atoms with Gasteiger partial charge in [0.15, 0.2) is 0 Å². The Bertz CT molecular complexity index is 69.3. The van der Waals surface area contributed by atoms with Crippen molar-refractivity contribution < 1.29 is 21.2 Å². The third-order valence-corrected chi connectivity index (χ3v) is 5.05. The van der Waals surface area contributed by atoms with Crippen molar-refractivity contribution in [3.63, 3.8) is 0 Å². The zero-order valence-electron chi connectivity index (χ0n) is 5.78. The van der Waals surface area contributed by atoms with Gasteiger partial charge in [-0.3, -0.25) is 0 Å². The van der Waals surface area contributed by atoms with E-state index in [4.69, 9.17) is 5.73 Å². The molecule has 1 heterocycles. The number of alkyl halides is 2. The fourth-order valence-corrected chi connectivity index (χ4v) is 4.69. The Labute approximate surface area is 67.6 Å². The van der Waals surface area contributed by atoms with Crippen molar-refractivity contribution in [1.82, 2.24) is 0 Å². The molecule has 0 saturated carbocycles. The van der Waals surface area contributed by atoms with E-state index in [1.807, 2.05) is 0 Å². The third-order valence-electron chi connectivity index (χ3n) is 1.79. The third kappa shape index (κ3) is 2.85. The van der Waals surface area contributed by atoms with E-state index in [0.29, 0.717) is 21.2 Å². The molecule has 0 spiro atoms. The summed E-state index contributed by atoms with van der Waals surface area (Å²) in [6.45, 7) is 0.898. The first-order valence-corrected chi connectivity index (χ1v) is 6.72. The maximum absolute atomic E-state index is 5.42. The van der Waals surface area contributed by atoms with Gasteiger partial charge in [0, 0.05) is 0 Å². The van der Waals surface area contributed by atoms with Gasteiger partial charge in [-0.25, -0.2) is 0 Å². The summed E-state index contributed by atoms with van der Waals surface area (Å²) in [5.41, 5.74) is 5.42. The van der Waals surface area contributed by atoms with Crippen LogP contribution in [0.25, 0.3) is 0 Å². The number of rotatable bonds is 3. The molecule has 1 aliphatic heterocycles. The summed E-state index contributed by atoms with van der Waals surface area (Å²) in [5.74, 6) is 1.08. The minimum absolute atomic E-state index is 0.643. The van der Waals surface area contributed by atoms with E-state index in [9.17, 15) is 0 Å². The van der Waals surface area contributed by atoms with Crippen molar-refractivity contribution >= 4 is 0 Å². The Balaban J connectivity index is 1.98. The van der Waals surface area contributed by atoms with Crippen LogP contribution < -0.4 is 26.9 Å². The predicted molar refractivity (Wildman–Crippen MR) is 36.1 cm³/mol. The Morgan fingerprint density at radius 2 is 2.44 bits per heavy atom. The van der Waals surface area contributed by atoms with Gasteiger partial charge in [0.1, 0.15) is 0 Å². The van der Waals surface area contributed by atoms with Gasteiger partial charge < -0.3 is 0 Å². The van der Waals surface area contributed by atoms with Crippen molar-refractivity contribution in [3.8, 4) is 0 Å². The minimum atomic E-state index is 0.643. The summed E-state index contributed by atoms with van der Waals surface area (Å²) >= 11 is 0.643. The van der Waals surface area contributed by atoms with Crippen LogP contribution in [0.5, 0.6) is 0 Å². The molecule has 1 aliphatic rings. The van der Waals surface area contributed by atoms with Crippen LogP contribution in [0.1, 0.15) is 19.3 Å². The van der Waals surface area contributed by atoms with Gasteiger partial charge in [-0.15, -0.1) is 0 Å². The van der Waals surface area contributed by atoms with E-state index in [0.717, 1.165) is 12.5 Å². The Hall–Kier alpha value is 0.690. The summed E-state index contributed by atoms with van der Waals surface area (Å²) in [6.07, 6.45) is 4.19. The van der Waals surface area contributed by atoms with E-state index in [1.165, 1.54) is 19.3 Å². The molecule has 2 heteroatoms. The van der Waals surface area contributed by atoms with Crippen molar-refractivity contribution in [3.05, 3.63) is 0 Å². The van der Waals surface area contributed by atoms with Crippen molar-refractivity contribution in [1.29, 1.82) is 0 Å². The van der Waals surface area contributed by atoms with Crippen LogP contribution in [0.4, 0.5) is 0 Å². The molecule has 1 rings (SSSR count). The molecule has 0 bridgehead atoms. The summed E-state index contributed by atoms with van der Waals surface area (Å²) in [6, 6.07) is 0. The SMILES string of the molecule is NCCCC1CC[I-]C1. The molecule has 1 fully saturated rings. The second-order valence-electron chi connectivity index (χ2n) is 2.62. The number of halogens is 1.